The summed E-state index contributed by atoms with van der Waals surface area (Å²) < 4.78 is 5.65. The molecule has 1 heterocycles. The molecule has 1 aliphatic heterocycles. The highest BCUT2D eigenvalue weighted by Gasteiger charge is 2.36. The van der Waals surface area contributed by atoms with Crippen LogP contribution in [0.25, 0.3) is 11.1 Å². The molecule has 2 N–H and O–H groups in total. The van der Waals surface area contributed by atoms with E-state index in [-0.39, 0.29) is 30.4 Å². The van der Waals surface area contributed by atoms with Crippen molar-refractivity contribution in [3.63, 3.8) is 0 Å². The fourth-order valence-electron chi connectivity index (χ4n) is 5.88. The minimum atomic E-state index is -0.924. The Labute approximate surface area is 199 Å². The minimum absolute atomic E-state index is 0.0229. The van der Waals surface area contributed by atoms with Crippen molar-refractivity contribution in [1.82, 2.24) is 10.2 Å². The van der Waals surface area contributed by atoms with Crippen molar-refractivity contribution in [3.05, 3.63) is 59.7 Å². The lowest BCUT2D eigenvalue weighted by atomic mass is 9.98. The number of likely N-dealkylation sites (tertiary alicyclic amines) is 1. The van der Waals surface area contributed by atoms with Crippen molar-refractivity contribution >= 4 is 18.0 Å². The molecular weight excluding hydrogens is 432 g/mol. The summed E-state index contributed by atoms with van der Waals surface area (Å²) in [6.07, 6.45) is 3.52. The van der Waals surface area contributed by atoms with Crippen LogP contribution in [-0.4, -0.2) is 53.2 Å². The molecule has 2 aliphatic carbocycles. The number of carboxylic acids is 1. The molecule has 0 bridgehead atoms. The van der Waals surface area contributed by atoms with Crippen molar-refractivity contribution in [2.24, 2.45) is 5.92 Å². The minimum Gasteiger partial charge on any atom is -0.480 e. The number of amides is 2. The first-order valence-corrected chi connectivity index (χ1v) is 12.1. The number of benzene rings is 2. The van der Waals surface area contributed by atoms with Crippen LogP contribution < -0.4 is 5.32 Å². The van der Waals surface area contributed by atoms with E-state index in [4.69, 9.17) is 4.74 Å². The monoisotopic (exact) mass is 462 g/mol. The molecule has 1 saturated heterocycles. The quantitative estimate of drug-likeness (QED) is 0.672. The summed E-state index contributed by atoms with van der Waals surface area (Å²) in [6, 6.07) is 15.8. The molecule has 3 atom stereocenters. The van der Waals surface area contributed by atoms with Crippen molar-refractivity contribution in [3.8, 4) is 11.1 Å². The predicted octanol–water partition coefficient (Wildman–Crippen LogP) is 4.16. The number of ether oxygens (including phenoxy) is 1. The predicted molar refractivity (Wildman–Crippen MR) is 126 cm³/mol. The Hall–Kier alpha value is -3.35. The van der Waals surface area contributed by atoms with E-state index in [1.165, 1.54) is 27.2 Å². The van der Waals surface area contributed by atoms with Gasteiger partial charge >= 0.3 is 12.1 Å². The fraction of sp³-hybridized carbons (Fsp3) is 0.444. The number of nitrogens with zero attached hydrogens (tertiary/aromatic N) is 1. The smallest absolute Gasteiger partial charge is 0.407 e. The zero-order valence-electron chi connectivity index (χ0n) is 19.1. The van der Waals surface area contributed by atoms with E-state index >= 15 is 0 Å². The maximum absolute atomic E-state index is 12.6. The Morgan fingerprint density at radius 1 is 0.971 bits per heavy atom. The van der Waals surface area contributed by atoms with Crippen LogP contribution in [0, 0.1) is 5.92 Å². The third kappa shape index (κ3) is 4.39. The first kappa shape index (κ1) is 22.4. The first-order valence-electron chi connectivity index (χ1n) is 12.1. The van der Waals surface area contributed by atoms with Crippen LogP contribution >= 0.6 is 0 Å². The van der Waals surface area contributed by atoms with Gasteiger partial charge in [0.25, 0.3) is 0 Å². The Morgan fingerprint density at radius 3 is 2.32 bits per heavy atom. The summed E-state index contributed by atoms with van der Waals surface area (Å²) in [4.78, 5) is 38.1. The fourth-order valence-corrected chi connectivity index (χ4v) is 5.88. The number of hydrogen-bond donors (Lipinski definition) is 2. The maximum Gasteiger partial charge on any atom is 0.407 e. The molecule has 2 fully saturated rings. The van der Waals surface area contributed by atoms with Crippen LogP contribution in [0.5, 0.6) is 0 Å². The van der Waals surface area contributed by atoms with E-state index in [9.17, 15) is 19.5 Å². The highest BCUT2D eigenvalue weighted by molar-refractivity contribution is 5.84. The lowest BCUT2D eigenvalue weighted by Gasteiger charge is -2.23. The second-order valence-electron chi connectivity index (χ2n) is 9.63. The average Bonchev–Trinajstić information content (AvgIpc) is 3.56. The van der Waals surface area contributed by atoms with Gasteiger partial charge in [-0.2, -0.15) is 0 Å². The molecule has 0 radical (unpaired) electrons. The number of alkyl carbamates (subject to hydrolysis) is 1. The standard InChI is InChI=1S/C27H30N2O5/c30-25(29-13-5-10-24(29)26(31)32)15-17-11-12-18(14-17)28-27(33)34-16-23-21-8-3-1-6-19(21)20-7-2-4-9-22(20)23/h1-4,6-9,17-18,23-24H,5,10-16H2,(H,28,33)(H,31,32)/t17-,18+,24?/m1/s1. The van der Waals surface area contributed by atoms with Gasteiger partial charge in [0.05, 0.1) is 0 Å². The average molecular weight is 463 g/mol. The van der Waals surface area contributed by atoms with Crippen LogP contribution in [0.3, 0.4) is 0 Å². The maximum atomic E-state index is 12.6. The van der Waals surface area contributed by atoms with Gasteiger partial charge in [0.15, 0.2) is 0 Å². The van der Waals surface area contributed by atoms with Crippen LogP contribution in [0.2, 0.25) is 0 Å². The molecule has 34 heavy (non-hydrogen) atoms. The number of rotatable bonds is 6. The van der Waals surface area contributed by atoms with Crippen LogP contribution in [0.1, 0.15) is 55.6 Å². The number of fused-ring (bicyclic) bond motifs is 3. The molecule has 0 spiro atoms. The summed E-state index contributed by atoms with van der Waals surface area (Å²) in [5, 5.41) is 12.3. The Bertz CT molecular complexity index is 1050. The molecule has 2 aromatic carbocycles. The summed E-state index contributed by atoms with van der Waals surface area (Å²) in [5.74, 6) is -0.833. The van der Waals surface area contributed by atoms with Crippen LogP contribution in [-0.2, 0) is 14.3 Å². The summed E-state index contributed by atoms with van der Waals surface area (Å²) in [6.45, 7) is 0.796. The van der Waals surface area contributed by atoms with E-state index in [1.807, 2.05) is 24.3 Å². The summed E-state index contributed by atoms with van der Waals surface area (Å²) in [5.41, 5.74) is 4.74. The molecule has 0 aromatic heterocycles. The van der Waals surface area contributed by atoms with Gasteiger partial charge in [0.2, 0.25) is 5.91 Å². The molecule has 7 nitrogen and oxygen atoms in total. The highest BCUT2D eigenvalue weighted by Crippen LogP contribution is 2.44. The number of carboxylic acid groups (broad SMARTS) is 1. The van der Waals surface area contributed by atoms with Gasteiger partial charge < -0.3 is 20.1 Å². The molecule has 2 aromatic rings. The number of carbonyl (C=O) groups excluding carboxylic acids is 2. The topological polar surface area (TPSA) is 95.9 Å². The van der Waals surface area contributed by atoms with Crippen LogP contribution in [0.4, 0.5) is 4.79 Å². The third-order valence-corrected chi connectivity index (χ3v) is 7.53. The number of aliphatic carboxylic acids is 1. The normalized spacial score (nSPS) is 23.4. The Morgan fingerprint density at radius 2 is 1.65 bits per heavy atom. The number of hydrogen-bond acceptors (Lipinski definition) is 4. The lowest BCUT2D eigenvalue weighted by molar-refractivity contribution is -0.148. The molecular formula is C27H30N2O5. The van der Waals surface area contributed by atoms with Gasteiger partial charge in [0.1, 0.15) is 12.6 Å². The van der Waals surface area contributed by atoms with Crippen molar-refractivity contribution in [2.45, 2.75) is 56.5 Å². The van der Waals surface area contributed by atoms with Gasteiger partial charge in [0, 0.05) is 24.9 Å². The SMILES string of the molecule is O=C(N[C@H]1CC[C@@H](CC(=O)N2CCCC2C(=O)O)C1)OCC1c2ccccc2-c2ccccc21. The highest BCUT2D eigenvalue weighted by atomic mass is 16.5. The second-order valence-corrected chi connectivity index (χ2v) is 9.63. The Kier molecular flexibility index (Phi) is 6.26. The molecule has 178 valence electrons. The van der Waals surface area contributed by atoms with Gasteiger partial charge in [-0.25, -0.2) is 9.59 Å². The molecule has 5 rings (SSSR count). The Balaban J connectivity index is 1.12. The largest absolute Gasteiger partial charge is 0.480 e. The molecule has 1 saturated carbocycles. The first-order chi connectivity index (χ1) is 16.5. The lowest BCUT2D eigenvalue weighted by Crippen LogP contribution is -2.41. The zero-order chi connectivity index (χ0) is 23.7. The second kappa shape index (κ2) is 9.49. The van der Waals surface area contributed by atoms with Gasteiger partial charge in [-0.3, -0.25) is 4.79 Å². The summed E-state index contributed by atoms with van der Waals surface area (Å²) in [7, 11) is 0. The van der Waals surface area contributed by atoms with E-state index in [0.29, 0.717) is 25.8 Å². The van der Waals surface area contributed by atoms with Crippen molar-refractivity contribution in [1.29, 1.82) is 0 Å². The molecule has 3 aliphatic rings. The van der Waals surface area contributed by atoms with E-state index in [0.717, 1.165) is 19.3 Å². The van der Waals surface area contributed by atoms with E-state index in [2.05, 4.69) is 29.6 Å². The molecule has 2 amide bonds. The van der Waals surface area contributed by atoms with Gasteiger partial charge in [-0.15, -0.1) is 0 Å². The van der Waals surface area contributed by atoms with Crippen molar-refractivity contribution in [2.75, 3.05) is 13.2 Å². The van der Waals surface area contributed by atoms with E-state index < -0.39 is 18.1 Å². The number of carbonyl (C=O) groups is 3. The van der Waals surface area contributed by atoms with E-state index in [1.54, 1.807) is 0 Å². The van der Waals surface area contributed by atoms with Gasteiger partial charge in [-0.1, -0.05) is 48.5 Å². The zero-order valence-corrected chi connectivity index (χ0v) is 19.1. The summed E-state index contributed by atoms with van der Waals surface area (Å²) >= 11 is 0. The van der Waals surface area contributed by atoms with Gasteiger partial charge in [-0.05, 0) is 60.3 Å². The molecule has 7 heteroatoms. The van der Waals surface area contributed by atoms with Crippen LogP contribution in [0.15, 0.2) is 48.5 Å². The van der Waals surface area contributed by atoms with Crippen molar-refractivity contribution < 1.29 is 24.2 Å². The number of nitrogens with one attached hydrogen (secondary N) is 1. The third-order valence-electron chi connectivity index (χ3n) is 7.53. The molecule has 1 unspecified atom stereocenters.